The first kappa shape index (κ1) is 25.1. The van der Waals surface area contributed by atoms with Gasteiger partial charge >= 0.3 is 6.09 Å². The molecule has 3 rings (SSSR count). The van der Waals surface area contributed by atoms with Crippen molar-refractivity contribution in [1.29, 1.82) is 0 Å². The van der Waals surface area contributed by atoms with Gasteiger partial charge in [0.2, 0.25) is 0 Å². The van der Waals surface area contributed by atoms with Crippen LogP contribution in [0.4, 0.5) is 10.5 Å². The van der Waals surface area contributed by atoms with Crippen molar-refractivity contribution in [1.82, 2.24) is 20.4 Å². The number of benzene rings is 1. The van der Waals surface area contributed by atoms with E-state index in [0.29, 0.717) is 19.8 Å². The quantitative estimate of drug-likeness (QED) is 0.274. The molecule has 1 aromatic carbocycles. The summed E-state index contributed by atoms with van der Waals surface area (Å²) < 4.78 is 7.08. The molecule has 3 N–H and O–H groups in total. The molecule has 2 aromatic heterocycles. The Hall–Kier alpha value is -2.54. The molecule has 0 bridgehead atoms. The van der Waals surface area contributed by atoms with Crippen LogP contribution >= 0.6 is 55.2 Å². The highest BCUT2D eigenvalue weighted by Gasteiger charge is 2.23. The molecule has 0 atom stereocenters. The average molecular weight is 618 g/mol. The van der Waals surface area contributed by atoms with Crippen molar-refractivity contribution in [2.24, 2.45) is 0 Å². The first-order valence-corrected chi connectivity index (χ1v) is 12.3. The minimum Gasteiger partial charge on any atom is -0.452 e. The molecule has 0 spiro atoms. The molecule has 0 aliphatic heterocycles. The number of amides is 3. The van der Waals surface area contributed by atoms with Crippen LogP contribution in [0.15, 0.2) is 56.6 Å². The van der Waals surface area contributed by atoms with Crippen LogP contribution in [0.25, 0.3) is 5.82 Å². The first-order valence-electron chi connectivity index (χ1n) is 9.08. The number of hydrogen-bond donors (Lipinski definition) is 3. The van der Waals surface area contributed by atoms with E-state index in [1.807, 2.05) is 6.26 Å². The number of pyridine rings is 1. The van der Waals surface area contributed by atoms with Crippen LogP contribution in [0, 0.1) is 0 Å². The summed E-state index contributed by atoms with van der Waals surface area (Å²) >= 11 is 14.4. The van der Waals surface area contributed by atoms with Crippen molar-refractivity contribution in [2.45, 2.75) is 5.03 Å². The highest BCUT2D eigenvalue weighted by atomic mass is 79.9. The maximum atomic E-state index is 13.3. The van der Waals surface area contributed by atoms with Crippen LogP contribution in [-0.4, -0.2) is 40.8 Å². The third-order valence-corrected chi connectivity index (χ3v) is 6.35. The van der Waals surface area contributed by atoms with E-state index in [1.165, 1.54) is 17.8 Å². The molecule has 33 heavy (non-hydrogen) atoms. The zero-order valence-electron chi connectivity index (χ0n) is 17.1. The predicted molar refractivity (Wildman–Crippen MR) is 133 cm³/mol. The van der Waals surface area contributed by atoms with Gasteiger partial charge < -0.3 is 10.1 Å². The molecule has 0 saturated heterocycles. The Balaban J connectivity index is 1.99. The van der Waals surface area contributed by atoms with Crippen molar-refractivity contribution in [3.8, 4) is 5.82 Å². The maximum Gasteiger partial charge on any atom is 0.425 e. The summed E-state index contributed by atoms with van der Waals surface area (Å²) in [5.41, 5.74) is 4.85. The van der Waals surface area contributed by atoms with Gasteiger partial charge in [0.15, 0.2) is 5.82 Å². The fraction of sp³-hybridized carbons (Fsp3) is 0.100. The summed E-state index contributed by atoms with van der Waals surface area (Å²) in [4.78, 5) is 41.6. The fourth-order valence-electron chi connectivity index (χ4n) is 2.80. The molecule has 0 fully saturated rings. The largest absolute Gasteiger partial charge is 0.452 e. The van der Waals surface area contributed by atoms with Crippen molar-refractivity contribution in [3.05, 3.63) is 67.8 Å². The van der Waals surface area contributed by atoms with E-state index in [2.05, 4.69) is 57.7 Å². The molecule has 9 nitrogen and oxygen atoms in total. The van der Waals surface area contributed by atoms with E-state index < -0.39 is 17.9 Å². The van der Waals surface area contributed by atoms with Gasteiger partial charge in [-0.15, -0.1) is 11.8 Å². The van der Waals surface area contributed by atoms with Gasteiger partial charge in [0.05, 0.1) is 28.4 Å². The third kappa shape index (κ3) is 5.69. The number of anilines is 1. The molecule has 2 heterocycles. The zero-order valence-corrected chi connectivity index (χ0v) is 21.9. The molecule has 0 saturated carbocycles. The Kier molecular flexibility index (Phi) is 8.40. The summed E-state index contributed by atoms with van der Waals surface area (Å²) in [7, 11) is 1.16. The SMILES string of the molecule is COC(=O)NNC(=O)c1cc(Br)cc(Br)c1NC(=O)c1ccc(SC)n1-c1ncccc1Cl. The molecule has 172 valence electrons. The Morgan fingerprint density at radius 3 is 2.55 bits per heavy atom. The van der Waals surface area contributed by atoms with E-state index in [0.717, 1.165) is 12.1 Å². The molecule has 3 amide bonds. The Labute approximate surface area is 214 Å². The highest BCUT2D eigenvalue weighted by Crippen LogP contribution is 2.32. The van der Waals surface area contributed by atoms with Gasteiger partial charge in [-0.3, -0.25) is 19.6 Å². The lowest BCUT2D eigenvalue weighted by molar-refractivity contribution is 0.0921. The van der Waals surface area contributed by atoms with Gasteiger partial charge in [0, 0.05) is 15.1 Å². The second kappa shape index (κ2) is 11.1. The number of halogens is 3. The van der Waals surface area contributed by atoms with Gasteiger partial charge in [-0.2, -0.15) is 0 Å². The smallest absolute Gasteiger partial charge is 0.425 e. The second-order valence-corrected chi connectivity index (χ2v) is 9.24. The molecular weight excluding hydrogens is 602 g/mol. The number of carbonyl (C=O) groups excluding carboxylic acids is 3. The monoisotopic (exact) mass is 615 g/mol. The minimum atomic E-state index is -0.849. The van der Waals surface area contributed by atoms with Crippen LogP contribution in [0.3, 0.4) is 0 Å². The average Bonchev–Trinajstić information content (AvgIpc) is 3.23. The van der Waals surface area contributed by atoms with Crippen molar-refractivity contribution in [2.75, 3.05) is 18.7 Å². The normalized spacial score (nSPS) is 10.5. The van der Waals surface area contributed by atoms with Crippen molar-refractivity contribution >= 4 is 78.8 Å². The van der Waals surface area contributed by atoms with Gasteiger partial charge in [0.25, 0.3) is 11.8 Å². The van der Waals surface area contributed by atoms with Gasteiger partial charge in [0.1, 0.15) is 5.69 Å². The highest BCUT2D eigenvalue weighted by molar-refractivity contribution is 9.11. The van der Waals surface area contributed by atoms with Crippen LogP contribution < -0.4 is 16.2 Å². The molecule has 3 aromatic rings. The van der Waals surface area contributed by atoms with E-state index >= 15 is 0 Å². The summed E-state index contributed by atoms with van der Waals surface area (Å²) in [6.45, 7) is 0. The van der Waals surface area contributed by atoms with Crippen LogP contribution in [0.5, 0.6) is 0 Å². The van der Waals surface area contributed by atoms with Crippen LogP contribution in [0.1, 0.15) is 20.8 Å². The summed E-state index contributed by atoms with van der Waals surface area (Å²) in [5, 5.41) is 3.88. The number of rotatable bonds is 5. The van der Waals surface area contributed by atoms with Crippen LogP contribution in [0.2, 0.25) is 5.02 Å². The number of hydrazine groups is 1. The topological polar surface area (TPSA) is 114 Å². The predicted octanol–water partition coefficient (Wildman–Crippen LogP) is 5.03. The molecule has 0 radical (unpaired) electrons. The number of ether oxygens (including phenoxy) is 1. The summed E-state index contributed by atoms with van der Waals surface area (Å²) in [5.74, 6) is -0.783. The number of carbonyl (C=O) groups is 3. The molecule has 0 aliphatic rings. The number of hydrogen-bond acceptors (Lipinski definition) is 6. The summed E-state index contributed by atoms with van der Waals surface area (Å²) in [6.07, 6.45) is 2.60. The van der Waals surface area contributed by atoms with Gasteiger partial charge in [-0.1, -0.05) is 27.5 Å². The molecule has 0 unspecified atom stereocenters. The summed E-state index contributed by atoms with van der Waals surface area (Å²) in [6, 6.07) is 9.95. The van der Waals surface area contributed by atoms with E-state index in [9.17, 15) is 14.4 Å². The first-order chi connectivity index (χ1) is 15.8. The number of nitrogens with zero attached hydrogens (tertiary/aromatic N) is 2. The fourth-order valence-corrected chi connectivity index (χ4v) is 4.90. The molecular formula is C20H16Br2ClN5O4S. The van der Waals surface area contributed by atoms with E-state index in [1.54, 1.807) is 41.1 Å². The standard InChI is InChI=1S/C20H16Br2ClN5O4S/c1-32-20(31)27-26-18(29)11-8-10(21)9-12(22)16(11)25-19(30)14-5-6-15(33-2)28(14)17-13(23)4-3-7-24-17/h3-9H,1-2H3,(H,25,30)(H,26,29)(H,27,31). The van der Waals surface area contributed by atoms with Crippen molar-refractivity contribution in [3.63, 3.8) is 0 Å². The number of aromatic nitrogens is 2. The zero-order chi connectivity index (χ0) is 24.1. The van der Waals surface area contributed by atoms with E-state index in [4.69, 9.17) is 11.6 Å². The number of nitrogens with one attached hydrogen (secondary N) is 3. The lowest BCUT2D eigenvalue weighted by atomic mass is 10.1. The maximum absolute atomic E-state index is 13.3. The molecule has 13 heteroatoms. The number of methoxy groups -OCH3 is 1. The lowest BCUT2D eigenvalue weighted by Crippen LogP contribution is -2.41. The van der Waals surface area contributed by atoms with Gasteiger partial charge in [-0.25, -0.2) is 15.2 Å². The third-order valence-electron chi connectivity index (χ3n) is 4.24. The number of thioether (sulfide) groups is 1. The second-order valence-electron chi connectivity index (χ2n) is 6.24. The Bertz CT molecular complexity index is 1240. The minimum absolute atomic E-state index is 0.0834. The van der Waals surface area contributed by atoms with Crippen LogP contribution in [-0.2, 0) is 4.74 Å². The van der Waals surface area contributed by atoms with Gasteiger partial charge in [-0.05, 0) is 58.6 Å². The van der Waals surface area contributed by atoms with E-state index in [-0.39, 0.29) is 16.9 Å². The Morgan fingerprint density at radius 2 is 1.88 bits per heavy atom. The molecule has 0 aliphatic carbocycles. The van der Waals surface area contributed by atoms with Crippen molar-refractivity contribution < 1.29 is 19.1 Å². The Morgan fingerprint density at radius 1 is 1.12 bits per heavy atom. The lowest BCUT2D eigenvalue weighted by Gasteiger charge is -2.16.